The van der Waals surface area contributed by atoms with Gasteiger partial charge in [-0.1, -0.05) is 13.8 Å². The van der Waals surface area contributed by atoms with Crippen molar-refractivity contribution in [3.63, 3.8) is 0 Å². The largest absolute Gasteiger partial charge is 0.390 e. The van der Waals surface area contributed by atoms with Crippen molar-refractivity contribution in [1.29, 1.82) is 0 Å². The molecule has 1 aliphatic rings. The molecular weight excluding hydrogens is 305 g/mol. The molecular formula is C16H31F3N4. The van der Waals surface area contributed by atoms with Crippen molar-refractivity contribution in [2.24, 2.45) is 16.8 Å². The van der Waals surface area contributed by atoms with Crippen molar-refractivity contribution < 1.29 is 13.2 Å². The van der Waals surface area contributed by atoms with Gasteiger partial charge in [0.1, 0.15) is 0 Å². The summed E-state index contributed by atoms with van der Waals surface area (Å²) in [5.41, 5.74) is 0. The van der Waals surface area contributed by atoms with E-state index in [2.05, 4.69) is 34.4 Å². The molecule has 1 atom stereocenters. The van der Waals surface area contributed by atoms with Gasteiger partial charge < -0.3 is 15.5 Å². The van der Waals surface area contributed by atoms with Gasteiger partial charge in [0.2, 0.25) is 0 Å². The van der Waals surface area contributed by atoms with E-state index in [1.807, 2.05) is 6.92 Å². The number of halogens is 3. The fourth-order valence-corrected chi connectivity index (χ4v) is 2.87. The summed E-state index contributed by atoms with van der Waals surface area (Å²) in [6, 6.07) is 0. The topological polar surface area (TPSA) is 39.7 Å². The third-order valence-corrected chi connectivity index (χ3v) is 3.78. The molecule has 0 aromatic rings. The monoisotopic (exact) mass is 336 g/mol. The first-order valence-corrected chi connectivity index (χ1v) is 8.61. The first-order chi connectivity index (χ1) is 10.8. The van der Waals surface area contributed by atoms with E-state index in [4.69, 9.17) is 0 Å². The van der Waals surface area contributed by atoms with Crippen LogP contribution in [0.2, 0.25) is 0 Å². The fraction of sp³-hybridized carbons (Fsp3) is 0.938. The zero-order valence-electron chi connectivity index (χ0n) is 14.5. The normalized spacial score (nSPS) is 20.8. The number of piperidine rings is 1. The van der Waals surface area contributed by atoms with Crippen molar-refractivity contribution in [1.82, 2.24) is 15.5 Å². The molecule has 4 nitrogen and oxygen atoms in total. The molecule has 0 bridgehead atoms. The number of rotatable bonds is 7. The molecule has 0 aromatic carbocycles. The van der Waals surface area contributed by atoms with Crippen molar-refractivity contribution >= 4 is 5.96 Å². The average molecular weight is 336 g/mol. The number of aliphatic imine (C=N–C) groups is 1. The number of likely N-dealkylation sites (tertiary alicyclic amines) is 1. The van der Waals surface area contributed by atoms with Crippen LogP contribution in [0.1, 0.15) is 40.0 Å². The van der Waals surface area contributed by atoms with Gasteiger partial charge in [0.15, 0.2) is 5.96 Å². The first kappa shape index (κ1) is 20.1. The predicted molar refractivity (Wildman–Crippen MR) is 88.7 cm³/mol. The van der Waals surface area contributed by atoms with E-state index in [0.717, 1.165) is 26.1 Å². The molecule has 1 unspecified atom stereocenters. The molecule has 0 aromatic heterocycles. The minimum absolute atomic E-state index is 0.139. The van der Waals surface area contributed by atoms with Gasteiger partial charge in [-0.15, -0.1) is 0 Å². The Bertz CT molecular complexity index is 356. The number of hydrogen-bond acceptors (Lipinski definition) is 2. The standard InChI is InChI=1S/C16H31F3N4/c1-4-20-15(21-8-7-16(17,18)19)22-10-14-6-5-9-23(12-14)11-13(2)3/h13-14H,4-12H2,1-3H3,(H2,20,21,22). The maximum absolute atomic E-state index is 12.2. The Morgan fingerprint density at radius 1 is 1.30 bits per heavy atom. The van der Waals surface area contributed by atoms with E-state index >= 15 is 0 Å². The lowest BCUT2D eigenvalue weighted by molar-refractivity contribution is -0.132. The summed E-state index contributed by atoms with van der Waals surface area (Å²) < 4.78 is 36.6. The Morgan fingerprint density at radius 2 is 2.04 bits per heavy atom. The minimum atomic E-state index is -4.13. The van der Waals surface area contributed by atoms with Crippen LogP contribution in [0, 0.1) is 11.8 Å². The van der Waals surface area contributed by atoms with Gasteiger partial charge in [-0.25, -0.2) is 0 Å². The summed E-state index contributed by atoms with van der Waals surface area (Å²) in [5.74, 6) is 1.62. The highest BCUT2D eigenvalue weighted by Gasteiger charge is 2.26. The highest BCUT2D eigenvalue weighted by Crippen LogP contribution is 2.19. The molecule has 1 fully saturated rings. The molecule has 0 aliphatic carbocycles. The summed E-state index contributed by atoms with van der Waals surface area (Å²) in [6.07, 6.45) is -2.67. The maximum Gasteiger partial charge on any atom is 0.390 e. The molecule has 1 aliphatic heterocycles. The predicted octanol–water partition coefficient (Wildman–Crippen LogP) is 2.86. The van der Waals surface area contributed by atoms with E-state index in [0.29, 0.717) is 30.9 Å². The second kappa shape index (κ2) is 10.0. The van der Waals surface area contributed by atoms with Gasteiger partial charge >= 0.3 is 6.18 Å². The van der Waals surface area contributed by atoms with Crippen LogP contribution in [-0.2, 0) is 0 Å². The Labute approximate surface area is 137 Å². The molecule has 0 amide bonds. The quantitative estimate of drug-likeness (QED) is 0.555. The van der Waals surface area contributed by atoms with E-state index in [-0.39, 0.29) is 6.54 Å². The average Bonchev–Trinajstić information content (AvgIpc) is 2.43. The van der Waals surface area contributed by atoms with Crippen LogP contribution < -0.4 is 10.6 Å². The molecule has 136 valence electrons. The molecule has 1 rings (SSSR count). The summed E-state index contributed by atoms with van der Waals surface area (Å²) in [5, 5.41) is 5.78. The van der Waals surface area contributed by atoms with Gasteiger partial charge in [-0.2, -0.15) is 13.2 Å². The van der Waals surface area contributed by atoms with Crippen molar-refractivity contribution in [2.45, 2.75) is 46.2 Å². The van der Waals surface area contributed by atoms with Crippen LogP contribution in [0.5, 0.6) is 0 Å². The smallest absolute Gasteiger partial charge is 0.357 e. The second-order valence-electron chi connectivity index (χ2n) is 6.67. The van der Waals surface area contributed by atoms with Gasteiger partial charge in [0, 0.05) is 32.7 Å². The molecule has 23 heavy (non-hydrogen) atoms. The summed E-state index contributed by atoms with van der Waals surface area (Å²) in [6.45, 7) is 10.8. The number of nitrogens with one attached hydrogen (secondary N) is 2. The highest BCUT2D eigenvalue weighted by molar-refractivity contribution is 5.79. The molecule has 0 radical (unpaired) electrons. The zero-order valence-corrected chi connectivity index (χ0v) is 14.5. The van der Waals surface area contributed by atoms with E-state index in [1.165, 1.54) is 6.42 Å². The van der Waals surface area contributed by atoms with Crippen LogP contribution in [0.3, 0.4) is 0 Å². The van der Waals surface area contributed by atoms with E-state index in [1.54, 1.807) is 0 Å². The summed E-state index contributed by atoms with van der Waals surface area (Å²) in [4.78, 5) is 6.94. The third-order valence-electron chi connectivity index (χ3n) is 3.78. The highest BCUT2D eigenvalue weighted by atomic mass is 19.4. The number of alkyl halides is 3. The molecule has 0 saturated carbocycles. The van der Waals surface area contributed by atoms with E-state index in [9.17, 15) is 13.2 Å². The molecule has 7 heteroatoms. The van der Waals surface area contributed by atoms with Gasteiger partial charge in [-0.3, -0.25) is 4.99 Å². The third kappa shape index (κ3) is 9.69. The van der Waals surface area contributed by atoms with Crippen LogP contribution >= 0.6 is 0 Å². The Kier molecular flexibility index (Phi) is 8.73. The molecule has 1 saturated heterocycles. The first-order valence-electron chi connectivity index (χ1n) is 8.61. The maximum atomic E-state index is 12.2. The van der Waals surface area contributed by atoms with Crippen LogP contribution in [0.25, 0.3) is 0 Å². The minimum Gasteiger partial charge on any atom is -0.357 e. The Hall–Kier alpha value is -0.980. The lowest BCUT2D eigenvalue weighted by Gasteiger charge is -2.33. The SMILES string of the molecule is CCNC(=NCC1CCCN(CC(C)C)C1)NCCC(F)(F)F. The van der Waals surface area contributed by atoms with E-state index < -0.39 is 12.6 Å². The van der Waals surface area contributed by atoms with Crippen molar-refractivity contribution in [3.8, 4) is 0 Å². The lowest BCUT2D eigenvalue weighted by atomic mass is 9.97. The van der Waals surface area contributed by atoms with Crippen LogP contribution in [0.4, 0.5) is 13.2 Å². The lowest BCUT2D eigenvalue weighted by Crippen LogP contribution is -2.41. The summed E-state index contributed by atoms with van der Waals surface area (Å²) >= 11 is 0. The number of guanidine groups is 1. The second-order valence-corrected chi connectivity index (χ2v) is 6.67. The van der Waals surface area contributed by atoms with Gasteiger partial charge in [0.05, 0.1) is 6.42 Å². The van der Waals surface area contributed by atoms with Crippen LogP contribution in [0.15, 0.2) is 4.99 Å². The fourth-order valence-electron chi connectivity index (χ4n) is 2.87. The zero-order chi connectivity index (χ0) is 17.3. The van der Waals surface area contributed by atoms with Crippen LogP contribution in [-0.4, -0.2) is 56.3 Å². The molecule has 1 heterocycles. The van der Waals surface area contributed by atoms with Crippen molar-refractivity contribution in [3.05, 3.63) is 0 Å². The van der Waals surface area contributed by atoms with Gasteiger partial charge in [-0.05, 0) is 38.1 Å². The van der Waals surface area contributed by atoms with Gasteiger partial charge in [0.25, 0.3) is 0 Å². The number of hydrogen-bond donors (Lipinski definition) is 2. The number of nitrogens with zero attached hydrogens (tertiary/aromatic N) is 2. The molecule has 2 N–H and O–H groups in total. The summed E-state index contributed by atoms with van der Waals surface area (Å²) in [7, 11) is 0. The molecule has 0 spiro atoms. The van der Waals surface area contributed by atoms with Crippen molar-refractivity contribution in [2.75, 3.05) is 39.3 Å². The Morgan fingerprint density at radius 3 is 2.65 bits per heavy atom. The Balaban J connectivity index is 2.42.